The van der Waals surface area contributed by atoms with Crippen molar-refractivity contribution in [3.05, 3.63) is 5.82 Å². The third-order valence-electron chi connectivity index (χ3n) is 2.20. The van der Waals surface area contributed by atoms with Gasteiger partial charge in [-0.2, -0.15) is 0 Å². The zero-order valence-electron chi connectivity index (χ0n) is 8.69. The third kappa shape index (κ3) is 3.41. The van der Waals surface area contributed by atoms with Crippen molar-refractivity contribution in [3.63, 3.8) is 0 Å². The van der Waals surface area contributed by atoms with Gasteiger partial charge in [0.2, 0.25) is 0 Å². The van der Waals surface area contributed by atoms with E-state index in [-0.39, 0.29) is 0 Å². The molecule has 0 radical (unpaired) electrons. The van der Waals surface area contributed by atoms with Gasteiger partial charge >= 0.3 is 0 Å². The molecule has 1 aromatic rings. The van der Waals surface area contributed by atoms with E-state index in [1.165, 1.54) is 0 Å². The fourth-order valence-electron chi connectivity index (χ4n) is 1.38. The molecule has 5 nitrogen and oxygen atoms in total. The molecule has 0 saturated carbocycles. The highest BCUT2D eigenvalue weighted by molar-refractivity contribution is 4.78. The number of tetrazole rings is 1. The molecule has 0 aliphatic heterocycles. The van der Waals surface area contributed by atoms with Gasteiger partial charge in [0.05, 0.1) is 0 Å². The van der Waals surface area contributed by atoms with Crippen LogP contribution in [0.15, 0.2) is 0 Å². The van der Waals surface area contributed by atoms with Gasteiger partial charge in [0.25, 0.3) is 0 Å². The van der Waals surface area contributed by atoms with Crippen LogP contribution in [0.5, 0.6) is 0 Å². The summed E-state index contributed by atoms with van der Waals surface area (Å²) < 4.78 is 1.86. The normalized spacial score (nSPS) is 10.7. The minimum Gasteiger partial charge on any atom is -0.396 e. The Bertz CT molecular complexity index is 249. The Hall–Kier alpha value is -0.970. The van der Waals surface area contributed by atoms with Crippen LogP contribution in [0, 0.1) is 0 Å². The summed E-state index contributed by atoms with van der Waals surface area (Å²) in [6.07, 6.45) is 5.07. The summed E-state index contributed by atoms with van der Waals surface area (Å²) in [7, 11) is 0. The number of aromatic nitrogens is 4. The number of hydrogen-bond donors (Lipinski definition) is 1. The third-order valence-corrected chi connectivity index (χ3v) is 2.20. The van der Waals surface area contributed by atoms with Crippen LogP contribution in [-0.4, -0.2) is 31.9 Å². The van der Waals surface area contributed by atoms with Crippen LogP contribution < -0.4 is 0 Å². The van der Waals surface area contributed by atoms with Crippen molar-refractivity contribution in [2.75, 3.05) is 6.61 Å². The molecule has 5 heteroatoms. The lowest BCUT2D eigenvalue weighted by molar-refractivity contribution is 0.282. The van der Waals surface area contributed by atoms with Crippen molar-refractivity contribution < 1.29 is 5.11 Å². The Labute approximate surface area is 84.1 Å². The van der Waals surface area contributed by atoms with E-state index in [0.717, 1.165) is 44.5 Å². The van der Waals surface area contributed by atoms with E-state index in [9.17, 15) is 0 Å². The minimum absolute atomic E-state index is 0.297. The summed E-state index contributed by atoms with van der Waals surface area (Å²) in [5.74, 6) is 0.951. The van der Waals surface area contributed by atoms with Crippen LogP contribution in [0.1, 0.15) is 38.4 Å². The fourth-order valence-corrected chi connectivity index (χ4v) is 1.38. The number of hydrogen-bond acceptors (Lipinski definition) is 4. The molecule has 0 saturated heterocycles. The summed E-state index contributed by atoms with van der Waals surface area (Å²) in [6, 6.07) is 0. The molecular formula is C9H18N4O. The largest absolute Gasteiger partial charge is 0.396 e. The van der Waals surface area contributed by atoms with Gasteiger partial charge in [-0.05, 0) is 23.3 Å². The summed E-state index contributed by atoms with van der Waals surface area (Å²) in [6.45, 7) is 3.24. The minimum atomic E-state index is 0.297. The molecule has 0 aliphatic rings. The lowest BCUT2D eigenvalue weighted by atomic mass is 10.2. The Morgan fingerprint density at radius 3 is 2.71 bits per heavy atom. The van der Waals surface area contributed by atoms with Crippen molar-refractivity contribution in [1.29, 1.82) is 0 Å². The predicted molar refractivity (Wildman–Crippen MR) is 52.7 cm³/mol. The van der Waals surface area contributed by atoms with Gasteiger partial charge in [0, 0.05) is 19.6 Å². The van der Waals surface area contributed by atoms with Crippen molar-refractivity contribution in [2.45, 2.75) is 45.6 Å². The number of aliphatic hydroxyl groups is 1. The number of aryl methyl sites for hydroxylation is 2. The van der Waals surface area contributed by atoms with Crippen LogP contribution in [0.25, 0.3) is 0 Å². The van der Waals surface area contributed by atoms with E-state index in [4.69, 9.17) is 5.11 Å². The first-order valence-electron chi connectivity index (χ1n) is 5.24. The van der Waals surface area contributed by atoms with Crippen molar-refractivity contribution in [3.8, 4) is 0 Å². The molecular weight excluding hydrogens is 180 g/mol. The first-order valence-corrected chi connectivity index (χ1v) is 5.24. The van der Waals surface area contributed by atoms with E-state index in [0.29, 0.717) is 6.61 Å². The lowest BCUT2D eigenvalue weighted by Crippen LogP contribution is -2.05. The summed E-state index contributed by atoms with van der Waals surface area (Å²) >= 11 is 0. The highest BCUT2D eigenvalue weighted by atomic mass is 16.2. The maximum absolute atomic E-state index is 8.59. The molecule has 0 aromatic carbocycles. The van der Waals surface area contributed by atoms with Gasteiger partial charge in [-0.3, -0.25) is 0 Å². The number of rotatable bonds is 7. The zero-order chi connectivity index (χ0) is 10.2. The van der Waals surface area contributed by atoms with E-state index >= 15 is 0 Å². The second-order valence-corrected chi connectivity index (χ2v) is 3.31. The predicted octanol–water partition coefficient (Wildman–Crippen LogP) is 0.788. The van der Waals surface area contributed by atoms with E-state index in [2.05, 4.69) is 15.5 Å². The van der Waals surface area contributed by atoms with Crippen LogP contribution in [-0.2, 0) is 13.0 Å². The van der Waals surface area contributed by atoms with Gasteiger partial charge in [-0.1, -0.05) is 19.8 Å². The Morgan fingerprint density at radius 2 is 2.00 bits per heavy atom. The van der Waals surface area contributed by atoms with Gasteiger partial charge in [0.1, 0.15) is 0 Å². The first kappa shape index (κ1) is 11.1. The van der Waals surface area contributed by atoms with Gasteiger partial charge in [-0.15, -0.1) is 5.10 Å². The quantitative estimate of drug-likeness (QED) is 0.658. The molecule has 1 aromatic heterocycles. The number of nitrogens with zero attached hydrogens (tertiary/aromatic N) is 4. The van der Waals surface area contributed by atoms with Crippen LogP contribution in [0.3, 0.4) is 0 Å². The van der Waals surface area contributed by atoms with E-state index < -0.39 is 0 Å². The molecule has 0 spiro atoms. The Kier molecular flexibility index (Phi) is 5.14. The molecule has 0 fully saturated rings. The standard InChI is InChI=1S/C9H18N4O/c1-2-9-10-11-12-13(9)7-5-3-4-6-8-14/h14H,2-8H2,1H3. The van der Waals surface area contributed by atoms with E-state index in [1.54, 1.807) is 0 Å². The molecule has 0 unspecified atom stereocenters. The molecule has 0 atom stereocenters. The second-order valence-electron chi connectivity index (χ2n) is 3.31. The van der Waals surface area contributed by atoms with Gasteiger partial charge in [-0.25, -0.2) is 4.68 Å². The van der Waals surface area contributed by atoms with Gasteiger partial charge < -0.3 is 5.11 Å². The topological polar surface area (TPSA) is 63.8 Å². The van der Waals surface area contributed by atoms with Crippen LogP contribution in [0.2, 0.25) is 0 Å². The van der Waals surface area contributed by atoms with Crippen LogP contribution in [0.4, 0.5) is 0 Å². The molecule has 80 valence electrons. The molecule has 14 heavy (non-hydrogen) atoms. The monoisotopic (exact) mass is 198 g/mol. The maximum Gasteiger partial charge on any atom is 0.150 e. The van der Waals surface area contributed by atoms with Gasteiger partial charge in [0.15, 0.2) is 5.82 Å². The number of unbranched alkanes of at least 4 members (excludes halogenated alkanes) is 3. The lowest BCUT2D eigenvalue weighted by Gasteiger charge is -2.02. The molecule has 0 bridgehead atoms. The van der Waals surface area contributed by atoms with Crippen molar-refractivity contribution in [2.24, 2.45) is 0 Å². The SMILES string of the molecule is CCc1nnnn1CCCCCCO. The number of aliphatic hydroxyl groups excluding tert-OH is 1. The molecule has 1 N–H and O–H groups in total. The average Bonchev–Trinajstić information content (AvgIpc) is 2.65. The summed E-state index contributed by atoms with van der Waals surface area (Å²) in [4.78, 5) is 0. The Balaban J connectivity index is 2.17. The zero-order valence-corrected chi connectivity index (χ0v) is 8.69. The second kappa shape index (κ2) is 6.48. The molecule has 0 aliphatic carbocycles. The summed E-state index contributed by atoms with van der Waals surface area (Å²) in [5, 5.41) is 20.0. The Morgan fingerprint density at radius 1 is 1.21 bits per heavy atom. The molecule has 1 heterocycles. The molecule has 1 rings (SSSR count). The van der Waals surface area contributed by atoms with Crippen molar-refractivity contribution >= 4 is 0 Å². The summed E-state index contributed by atoms with van der Waals surface area (Å²) in [5.41, 5.74) is 0. The average molecular weight is 198 g/mol. The first-order chi connectivity index (χ1) is 6.88. The fraction of sp³-hybridized carbons (Fsp3) is 0.889. The van der Waals surface area contributed by atoms with E-state index in [1.807, 2.05) is 11.6 Å². The maximum atomic E-state index is 8.59. The van der Waals surface area contributed by atoms with Crippen LogP contribution >= 0.6 is 0 Å². The van der Waals surface area contributed by atoms with Crippen molar-refractivity contribution in [1.82, 2.24) is 20.2 Å². The highest BCUT2D eigenvalue weighted by Gasteiger charge is 2.01. The molecule has 0 amide bonds. The smallest absolute Gasteiger partial charge is 0.150 e. The highest BCUT2D eigenvalue weighted by Crippen LogP contribution is 2.02.